The molecule has 0 aliphatic carbocycles. The third-order valence-corrected chi connectivity index (χ3v) is 5.19. The highest BCUT2D eigenvalue weighted by molar-refractivity contribution is 6.08. The van der Waals surface area contributed by atoms with Crippen LogP contribution in [-0.2, 0) is 0 Å². The van der Waals surface area contributed by atoms with E-state index in [-0.39, 0.29) is 0 Å². The minimum atomic E-state index is -0.463. The topological polar surface area (TPSA) is 103 Å². The largest absolute Gasteiger partial charge is 0.486 e. The van der Waals surface area contributed by atoms with Crippen molar-refractivity contribution in [1.82, 2.24) is 15.8 Å². The number of aromatic nitrogens is 1. The number of hydrogen-bond donors (Lipinski definition) is 2. The second-order valence-electron chi connectivity index (χ2n) is 7.23. The molecule has 0 saturated carbocycles. The number of rotatable bonds is 3. The Morgan fingerprint density at radius 2 is 1.62 bits per heavy atom. The third kappa shape index (κ3) is 3.62. The van der Waals surface area contributed by atoms with Gasteiger partial charge in [-0.3, -0.25) is 20.4 Å². The molecule has 0 unspecified atom stereocenters. The predicted molar refractivity (Wildman–Crippen MR) is 117 cm³/mol. The Morgan fingerprint density at radius 1 is 0.875 bits per heavy atom. The summed E-state index contributed by atoms with van der Waals surface area (Å²) in [5.41, 5.74) is 7.68. The second kappa shape index (κ2) is 8.07. The number of fused-ring (bicyclic) bond motifs is 2. The number of para-hydroxylation sites is 1. The van der Waals surface area contributed by atoms with Crippen molar-refractivity contribution >= 4 is 22.7 Å². The summed E-state index contributed by atoms with van der Waals surface area (Å²) in [6, 6.07) is 16.1. The summed E-state index contributed by atoms with van der Waals surface area (Å²) < 4.78 is 16.4. The molecule has 4 aromatic rings. The number of ether oxygens (including phenoxy) is 2. The van der Waals surface area contributed by atoms with Crippen molar-refractivity contribution in [2.75, 3.05) is 13.2 Å². The highest BCUT2D eigenvalue weighted by atomic mass is 16.6. The molecule has 0 spiro atoms. The Labute approximate surface area is 183 Å². The quantitative estimate of drug-likeness (QED) is 0.482. The average molecular weight is 429 g/mol. The molecule has 1 aliphatic heterocycles. The maximum absolute atomic E-state index is 13.0. The van der Waals surface area contributed by atoms with Gasteiger partial charge in [0.25, 0.3) is 11.8 Å². The van der Waals surface area contributed by atoms with Gasteiger partial charge >= 0.3 is 0 Å². The first-order chi connectivity index (χ1) is 15.6. The summed E-state index contributed by atoms with van der Waals surface area (Å²) in [7, 11) is 0. The van der Waals surface area contributed by atoms with Crippen LogP contribution in [0.25, 0.3) is 22.2 Å². The Hall–Kier alpha value is -4.33. The Bertz CT molecular complexity index is 1340. The van der Waals surface area contributed by atoms with E-state index in [1.165, 1.54) is 6.26 Å². The molecule has 32 heavy (non-hydrogen) atoms. The van der Waals surface area contributed by atoms with Gasteiger partial charge in [0.1, 0.15) is 19.0 Å². The lowest BCUT2D eigenvalue weighted by atomic mass is 10.0. The lowest BCUT2D eigenvalue weighted by Gasteiger charge is -2.19. The molecule has 1 aliphatic rings. The SMILES string of the molecule is Cc1occc1C(=O)NNC(=O)c1cc(-c2ccc3c(c2)OCCO3)nc2ccccc12. The molecule has 0 radical (unpaired) electrons. The predicted octanol–water partition coefficient (Wildman–Crippen LogP) is 3.65. The number of furan rings is 1. The molecule has 5 rings (SSSR count). The molecule has 0 saturated heterocycles. The molecular formula is C24H19N3O5. The monoisotopic (exact) mass is 429 g/mol. The summed E-state index contributed by atoms with van der Waals surface area (Å²) in [5.74, 6) is 0.854. The summed E-state index contributed by atoms with van der Waals surface area (Å²) >= 11 is 0. The number of hydrazine groups is 1. The van der Waals surface area contributed by atoms with Crippen LogP contribution in [0.4, 0.5) is 0 Å². The molecule has 2 N–H and O–H groups in total. The number of benzene rings is 2. The minimum Gasteiger partial charge on any atom is -0.486 e. The van der Waals surface area contributed by atoms with Crippen LogP contribution in [0.1, 0.15) is 26.5 Å². The molecule has 0 atom stereocenters. The van der Waals surface area contributed by atoms with Gasteiger partial charge < -0.3 is 13.9 Å². The normalized spacial score (nSPS) is 12.4. The zero-order chi connectivity index (χ0) is 22.1. The van der Waals surface area contributed by atoms with Gasteiger partial charge in [0, 0.05) is 10.9 Å². The highest BCUT2D eigenvalue weighted by Crippen LogP contribution is 2.35. The Kier molecular flexibility index (Phi) is 4.95. The van der Waals surface area contributed by atoms with Crippen molar-refractivity contribution in [1.29, 1.82) is 0 Å². The lowest BCUT2D eigenvalue weighted by molar-refractivity contribution is 0.0846. The van der Waals surface area contributed by atoms with E-state index in [0.717, 1.165) is 5.56 Å². The number of pyridine rings is 1. The lowest BCUT2D eigenvalue weighted by Crippen LogP contribution is -2.41. The molecule has 0 bridgehead atoms. The van der Waals surface area contributed by atoms with Gasteiger partial charge in [-0.05, 0) is 43.3 Å². The van der Waals surface area contributed by atoms with Gasteiger partial charge in [0.05, 0.1) is 28.6 Å². The van der Waals surface area contributed by atoms with Crippen LogP contribution in [-0.4, -0.2) is 30.0 Å². The van der Waals surface area contributed by atoms with E-state index < -0.39 is 11.8 Å². The fraction of sp³-hybridized carbons (Fsp3) is 0.125. The molecular weight excluding hydrogens is 410 g/mol. The zero-order valence-corrected chi connectivity index (χ0v) is 17.2. The minimum absolute atomic E-state index is 0.349. The summed E-state index contributed by atoms with van der Waals surface area (Å²) in [6.07, 6.45) is 1.42. The Balaban J connectivity index is 1.48. The molecule has 3 heterocycles. The van der Waals surface area contributed by atoms with E-state index in [4.69, 9.17) is 18.9 Å². The smallest absolute Gasteiger partial charge is 0.273 e. The van der Waals surface area contributed by atoms with Crippen molar-refractivity contribution in [3.63, 3.8) is 0 Å². The van der Waals surface area contributed by atoms with Gasteiger partial charge in [0.15, 0.2) is 11.5 Å². The van der Waals surface area contributed by atoms with Crippen LogP contribution in [0, 0.1) is 6.92 Å². The van der Waals surface area contributed by atoms with E-state index >= 15 is 0 Å². The molecule has 2 aromatic heterocycles. The number of aryl methyl sites for hydroxylation is 1. The van der Waals surface area contributed by atoms with Crippen LogP contribution in [0.3, 0.4) is 0 Å². The van der Waals surface area contributed by atoms with Crippen molar-refractivity contribution in [3.05, 3.63) is 77.7 Å². The second-order valence-corrected chi connectivity index (χ2v) is 7.23. The molecule has 2 aromatic carbocycles. The van der Waals surface area contributed by atoms with Gasteiger partial charge in [0.2, 0.25) is 0 Å². The van der Waals surface area contributed by atoms with Gasteiger partial charge in [-0.25, -0.2) is 4.98 Å². The first kappa shape index (κ1) is 19.6. The zero-order valence-electron chi connectivity index (χ0n) is 17.2. The summed E-state index contributed by atoms with van der Waals surface area (Å²) in [4.78, 5) is 30.0. The van der Waals surface area contributed by atoms with E-state index in [2.05, 4.69) is 10.9 Å². The molecule has 8 heteroatoms. The van der Waals surface area contributed by atoms with Crippen molar-refractivity contribution < 1.29 is 23.5 Å². The summed E-state index contributed by atoms with van der Waals surface area (Å²) in [5, 5.41) is 0.667. The number of carbonyl (C=O) groups is 2. The van der Waals surface area contributed by atoms with Crippen molar-refractivity contribution in [3.8, 4) is 22.8 Å². The first-order valence-electron chi connectivity index (χ1n) is 10.0. The van der Waals surface area contributed by atoms with Crippen LogP contribution in [0.2, 0.25) is 0 Å². The fourth-order valence-corrected chi connectivity index (χ4v) is 3.58. The number of nitrogens with zero attached hydrogens (tertiary/aromatic N) is 1. The van der Waals surface area contributed by atoms with Crippen LogP contribution in [0.15, 0.2) is 65.3 Å². The molecule has 160 valence electrons. The molecule has 2 amide bonds. The van der Waals surface area contributed by atoms with E-state index in [9.17, 15) is 9.59 Å². The number of nitrogens with one attached hydrogen (secondary N) is 2. The first-order valence-corrected chi connectivity index (χ1v) is 10.0. The maximum Gasteiger partial charge on any atom is 0.273 e. The summed E-state index contributed by atoms with van der Waals surface area (Å²) in [6.45, 7) is 2.66. The van der Waals surface area contributed by atoms with Gasteiger partial charge in [-0.2, -0.15) is 0 Å². The van der Waals surface area contributed by atoms with Crippen molar-refractivity contribution in [2.24, 2.45) is 0 Å². The standard InChI is InChI=1S/C24H19N3O5/c1-14-16(8-9-30-14)23(28)26-27-24(29)18-13-20(25-19-5-3-2-4-17(18)19)15-6-7-21-22(12-15)32-11-10-31-21/h2-9,12-13H,10-11H2,1H3,(H,26,28)(H,27,29). The molecule has 8 nitrogen and oxygen atoms in total. The van der Waals surface area contributed by atoms with Gasteiger partial charge in [-0.1, -0.05) is 18.2 Å². The third-order valence-electron chi connectivity index (χ3n) is 5.19. The average Bonchev–Trinajstić information content (AvgIpc) is 3.27. The van der Waals surface area contributed by atoms with Crippen LogP contribution < -0.4 is 20.3 Å². The Morgan fingerprint density at radius 3 is 2.41 bits per heavy atom. The highest BCUT2D eigenvalue weighted by Gasteiger charge is 2.18. The van der Waals surface area contributed by atoms with E-state index in [1.54, 1.807) is 19.1 Å². The number of amides is 2. The van der Waals surface area contributed by atoms with E-state index in [0.29, 0.717) is 58.2 Å². The van der Waals surface area contributed by atoms with Crippen LogP contribution in [0.5, 0.6) is 11.5 Å². The number of hydrogen-bond acceptors (Lipinski definition) is 6. The molecule has 0 fully saturated rings. The van der Waals surface area contributed by atoms with Crippen LogP contribution >= 0.6 is 0 Å². The fourth-order valence-electron chi connectivity index (χ4n) is 3.58. The van der Waals surface area contributed by atoms with Crippen molar-refractivity contribution in [2.45, 2.75) is 6.92 Å². The van der Waals surface area contributed by atoms with E-state index in [1.807, 2.05) is 42.5 Å². The maximum atomic E-state index is 13.0. The van der Waals surface area contributed by atoms with Gasteiger partial charge in [-0.15, -0.1) is 0 Å². The number of carbonyl (C=O) groups excluding carboxylic acids is 2.